The van der Waals surface area contributed by atoms with E-state index >= 15 is 0 Å². The molecule has 0 aromatic rings. The van der Waals surface area contributed by atoms with Crippen LogP contribution in [0.4, 0.5) is 0 Å². The van der Waals surface area contributed by atoms with Gasteiger partial charge in [-0.2, -0.15) is 25.3 Å². The fraction of sp³-hybridized carbons (Fsp3) is 0.750. The summed E-state index contributed by atoms with van der Waals surface area (Å²) < 4.78 is 0. The zero-order chi connectivity index (χ0) is 10.3. The molecule has 0 bridgehead atoms. The van der Waals surface area contributed by atoms with Crippen LogP contribution < -0.4 is 0 Å². The summed E-state index contributed by atoms with van der Waals surface area (Å²) in [5.41, 5.74) is 0. The van der Waals surface area contributed by atoms with Crippen LogP contribution in [0.3, 0.4) is 0 Å². The Bertz CT molecular complexity index is 182. The Morgan fingerprint density at radius 2 is 1.85 bits per heavy atom. The second-order valence-electron chi connectivity index (χ2n) is 2.70. The first-order valence-corrected chi connectivity index (χ1v) is 5.37. The quantitative estimate of drug-likeness (QED) is 0.449. The Labute approximate surface area is 88.7 Å². The number of rotatable bonds is 7. The zero-order valence-corrected chi connectivity index (χ0v) is 9.06. The molecule has 0 amide bonds. The van der Waals surface area contributed by atoms with Crippen molar-refractivity contribution in [3.63, 3.8) is 0 Å². The van der Waals surface area contributed by atoms with Crippen molar-refractivity contribution >= 4 is 37.0 Å². The summed E-state index contributed by atoms with van der Waals surface area (Å²) in [5.74, 6) is -1.10. The molecule has 1 atom stereocenters. The SMILES string of the molecule is O=C(O)C(CCS)C(=O)CCCS. The Morgan fingerprint density at radius 1 is 1.23 bits per heavy atom. The fourth-order valence-corrected chi connectivity index (χ4v) is 1.40. The predicted octanol–water partition coefficient (Wildman–Crippen LogP) is 1.29. The molecule has 0 spiro atoms. The highest BCUT2D eigenvalue weighted by atomic mass is 32.1. The van der Waals surface area contributed by atoms with Crippen LogP contribution in [-0.2, 0) is 9.59 Å². The molecule has 76 valence electrons. The van der Waals surface area contributed by atoms with E-state index in [4.69, 9.17) is 5.11 Å². The van der Waals surface area contributed by atoms with Gasteiger partial charge >= 0.3 is 5.97 Å². The van der Waals surface area contributed by atoms with E-state index in [0.29, 0.717) is 30.8 Å². The normalized spacial score (nSPS) is 12.5. The van der Waals surface area contributed by atoms with Crippen molar-refractivity contribution in [1.82, 2.24) is 0 Å². The lowest BCUT2D eigenvalue weighted by atomic mass is 9.98. The minimum Gasteiger partial charge on any atom is -0.481 e. The summed E-state index contributed by atoms with van der Waals surface area (Å²) in [6, 6.07) is 0. The molecule has 0 saturated heterocycles. The highest BCUT2D eigenvalue weighted by Gasteiger charge is 2.24. The van der Waals surface area contributed by atoms with Gasteiger partial charge in [-0.1, -0.05) is 0 Å². The van der Waals surface area contributed by atoms with Crippen LogP contribution in [-0.4, -0.2) is 28.4 Å². The first kappa shape index (κ1) is 12.8. The maximum absolute atomic E-state index is 11.3. The number of hydrogen-bond acceptors (Lipinski definition) is 4. The molecule has 0 aromatic carbocycles. The van der Waals surface area contributed by atoms with Crippen molar-refractivity contribution in [3.8, 4) is 0 Å². The molecule has 0 heterocycles. The third-order valence-electron chi connectivity index (χ3n) is 1.69. The average Bonchev–Trinajstić information content (AvgIpc) is 2.09. The molecule has 0 radical (unpaired) electrons. The Morgan fingerprint density at radius 3 is 2.23 bits per heavy atom. The molecular weight excluding hydrogens is 208 g/mol. The number of ketones is 1. The van der Waals surface area contributed by atoms with Crippen LogP contribution in [0.1, 0.15) is 19.3 Å². The predicted molar refractivity (Wildman–Crippen MR) is 57.7 cm³/mol. The van der Waals surface area contributed by atoms with Gasteiger partial charge in [0.25, 0.3) is 0 Å². The molecule has 0 saturated carbocycles. The molecule has 1 N–H and O–H groups in total. The summed E-state index contributed by atoms with van der Waals surface area (Å²) in [5, 5.41) is 8.70. The minimum absolute atomic E-state index is 0.212. The largest absolute Gasteiger partial charge is 0.481 e. The first-order valence-electron chi connectivity index (χ1n) is 4.10. The standard InChI is InChI=1S/C8H14O3S2/c9-7(2-1-4-12)6(3-5-13)8(10)11/h6,12-13H,1-5H2,(H,10,11). The van der Waals surface area contributed by atoms with E-state index in [1.807, 2.05) is 0 Å². The third-order valence-corrected chi connectivity index (χ3v) is 2.26. The molecule has 1 unspecified atom stereocenters. The number of thiol groups is 2. The monoisotopic (exact) mass is 222 g/mol. The number of aliphatic carboxylic acids is 1. The van der Waals surface area contributed by atoms with Gasteiger partial charge in [0.1, 0.15) is 11.7 Å². The number of carboxylic acids is 1. The highest BCUT2D eigenvalue weighted by Crippen LogP contribution is 2.10. The van der Waals surface area contributed by atoms with E-state index in [9.17, 15) is 9.59 Å². The second kappa shape index (κ2) is 7.26. The topological polar surface area (TPSA) is 54.4 Å². The summed E-state index contributed by atoms with van der Waals surface area (Å²) in [7, 11) is 0. The number of carbonyl (C=O) groups excluding carboxylic acids is 1. The Kier molecular flexibility index (Phi) is 7.17. The molecule has 13 heavy (non-hydrogen) atoms. The van der Waals surface area contributed by atoms with Crippen molar-refractivity contribution < 1.29 is 14.7 Å². The van der Waals surface area contributed by atoms with E-state index in [2.05, 4.69) is 25.3 Å². The summed E-state index contributed by atoms with van der Waals surface area (Å²) in [6.07, 6.45) is 1.25. The fourth-order valence-electron chi connectivity index (χ4n) is 0.979. The smallest absolute Gasteiger partial charge is 0.314 e. The van der Waals surface area contributed by atoms with Crippen LogP contribution in [0.25, 0.3) is 0 Å². The number of carbonyl (C=O) groups is 2. The van der Waals surface area contributed by atoms with Gasteiger partial charge in [-0.3, -0.25) is 9.59 Å². The number of hydrogen-bond donors (Lipinski definition) is 3. The van der Waals surface area contributed by atoms with Gasteiger partial charge < -0.3 is 5.11 Å². The summed E-state index contributed by atoms with van der Waals surface area (Å²) in [6.45, 7) is 0. The van der Waals surface area contributed by atoms with Crippen molar-refractivity contribution in [1.29, 1.82) is 0 Å². The maximum Gasteiger partial charge on any atom is 0.314 e. The van der Waals surface area contributed by atoms with Crippen molar-refractivity contribution in [2.24, 2.45) is 5.92 Å². The molecule has 5 heteroatoms. The minimum atomic E-state index is -1.04. The van der Waals surface area contributed by atoms with Crippen LogP contribution in [0.2, 0.25) is 0 Å². The molecule has 0 aliphatic rings. The van der Waals surface area contributed by atoms with Crippen LogP contribution >= 0.6 is 25.3 Å². The third kappa shape index (κ3) is 5.21. The van der Waals surface area contributed by atoms with Crippen molar-refractivity contribution in [2.45, 2.75) is 19.3 Å². The van der Waals surface area contributed by atoms with Crippen molar-refractivity contribution in [2.75, 3.05) is 11.5 Å². The van der Waals surface area contributed by atoms with Gasteiger partial charge in [-0.05, 0) is 24.3 Å². The van der Waals surface area contributed by atoms with Crippen LogP contribution in [0.5, 0.6) is 0 Å². The highest BCUT2D eigenvalue weighted by molar-refractivity contribution is 7.80. The number of Topliss-reactive ketones (excluding diaryl/α,β-unsaturated/α-hetero) is 1. The van der Waals surface area contributed by atoms with Gasteiger partial charge in [0.15, 0.2) is 0 Å². The van der Waals surface area contributed by atoms with Crippen LogP contribution in [0, 0.1) is 5.92 Å². The lowest BCUT2D eigenvalue weighted by Gasteiger charge is -2.08. The summed E-state index contributed by atoms with van der Waals surface area (Å²) in [4.78, 5) is 21.9. The van der Waals surface area contributed by atoms with E-state index in [1.54, 1.807) is 0 Å². The van der Waals surface area contributed by atoms with Gasteiger partial charge in [-0.15, -0.1) is 0 Å². The zero-order valence-electron chi connectivity index (χ0n) is 7.27. The van der Waals surface area contributed by atoms with Gasteiger partial charge in [0.2, 0.25) is 0 Å². The molecule has 0 aromatic heterocycles. The molecule has 0 fully saturated rings. The van der Waals surface area contributed by atoms with Gasteiger partial charge in [-0.25, -0.2) is 0 Å². The molecule has 0 aliphatic heterocycles. The van der Waals surface area contributed by atoms with Crippen LogP contribution in [0.15, 0.2) is 0 Å². The molecule has 0 aliphatic carbocycles. The maximum atomic E-state index is 11.3. The molecular formula is C8H14O3S2. The van der Waals surface area contributed by atoms with E-state index in [-0.39, 0.29) is 5.78 Å². The Hall–Kier alpha value is -0.160. The van der Waals surface area contributed by atoms with E-state index in [1.165, 1.54) is 0 Å². The van der Waals surface area contributed by atoms with Gasteiger partial charge in [0.05, 0.1) is 0 Å². The average molecular weight is 222 g/mol. The van der Waals surface area contributed by atoms with Gasteiger partial charge in [0, 0.05) is 6.42 Å². The number of carboxylic acid groups (broad SMARTS) is 1. The van der Waals surface area contributed by atoms with E-state index < -0.39 is 11.9 Å². The molecule has 0 rings (SSSR count). The second-order valence-corrected chi connectivity index (χ2v) is 3.59. The Balaban J connectivity index is 4.03. The van der Waals surface area contributed by atoms with Crippen molar-refractivity contribution in [3.05, 3.63) is 0 Å². The summed E-state index contributed by atoms with van der Waals surface area (Å²) >= 11 is 7.86. The molecule has 3 nitrogen and oxygen atoms in total. The van der Waals surface area contributed by atoms with E-state index in [0.717, 1.165) is 0 Å². The lowest BCUT2D eigenvalue weighted by molar-refractivity contribution is -0.146. The first-order chi connectivity index (χ1) is 6.13. The lowest BCUT2D eigenvalue weighted by Crippen LogP contribution is -2.24.